The Labute approximate surface area is 212 Å². The van der Waals surface area contributed by atoms with Crippen molar-refractivity contribution in [3.63, 3.8) is 0 Å². The number of hydrogen-bond acceptors (Lipinski definition) is 6. The summed E-state index contributed by atoms with van der Waals surface area (Å²) < 4.78 is 11.3. The van der Waals surface area contributed by atoms with Crippen LogP contribution in [0.25, 0.3) is 0 Å². The van der Waals surface area contributed by atoms with Crippen molar-refractivity contribution >= 4 is 17.8 Å². The number of carboxylic acid groups (broad SMARTS) is 2. The molecule has 0 saturated carbocycles. The summed E-state index contributed by atoms with van der Waals surface area (Å²) in [7, 11) is 0. The van der Waals surface area contributed by atoms with Gasteiger partial charge in [-0.1, -0.05) is 42.5 Å². The van der Waals surface area contributed by atoms with Crippen LogP contribution in [-0.4, -0.2) is 65.8 Å². The average molecular weight is 501 g/mol. The van der Waals surface area contributed by atoms with Crippen LogP contribution in [0.1, 0.15) is 37.3 Å². The van der Waals surface area contributed by atoms with E-state index in [1.54, 1.807) is 0 Å². The van der Waals surface area contributed by atoms with Gasteiger partial charge in [-0.15, -0.1) is 0 Å². The van der Waals surface area contributed by atoms with Gasteiger partial charge in [0.05, 0.1) is 0 Å². The minimum absolute atomic E-state index is 0.133. The predicted molar refractivity (Wildman–Crippen MR) is 135 cm³/mol. The van der Waals surface area contributed by atoms with Gasteiger partial charge in [-0.2, -0.15) is 0 Å². The Morgan fingerprint density at radius 3 is 2.28 bits per heavy atom. The van der Waals surface area contributed by atoms with Crippen molar-refractivity contribution in [2.24, 2.45) is 5.92 Å². The molecule has 2 aromatic carbocycles. The quantitative estimate of drug-likeness (QED) is 0.317. The molecular formula is C27H36N2O7. The highest BCUT2D eigenvalue weighted by atomic mass is 16.5. The summed E-state index contributed by atoms with van der Waals surface area (Å²) in [4.78, 5) is 33.0. The number of ether oxygens (including phenoxy) is 2. The number of piperidine rings is 1. The molecule has 3 N–H and O–H groups in total. The number of hydrogen-bond donors (Lipinski definition) is 3. The Balaban J connectivity index is 0.000000678. The molecule has 9 heteroatoms. The molecule has 1 saturated heterocycles. The molecule has 0 unspecified atom stereocenters. The predicted octanol–water partition coefficient (Wildman–Crippen LogP) is 3.18. The number of nitrogens with one attached hydrogen (secondary N) is 1. The highest BCUT2D eigenvalue weighted by molar-refractivity contribution is 6.27. The summed E-state index contributed by atoms with van der Waals surface area (Å²) in [5.74, 6) is -2.42. The van der Waals surface area contributed by atoms with Gasteiger partial charge in [0.15, 0.2) is 0 Å². The molecule has 1 heterocycles. The molecule has 0 atom stereocenters. The molecule has 36 heavy (non-hydrogen) atoms. The van der Waals surface area contributed by atoms with E-state index in [1.807, 2.05) is 31.2 Å². The lowest BCUT2D eigenvalue weighted by atomic mass is 9.95. The summed E-state index contributed by atoms with van der Waals surface area (Å²) in [5, 5.41) is 17.8. The number of amides is 1. The molecule has 0 radical (unpaired) electrons. The molecule has 1 amide bonds. The van der Waals surface area contributed by atoms with Gasteiger partial charge in [-0.3, -0.25) is 9.69 Å². The molecule has 1 aliphatic heterocycles. The third-order valence-electron chi connectivity index (χ3n) is 5.66. The third kappa shape index (κ3) is 11.3. The molecule has 0 bridgehead atoms. The number of carbonyl (C=O) groups excluding carboxylic acids is 1. The molecule has 9 nitrogen and oxygen atoms in total. The highest BCUT2D eigenvalue weighted by Gasteiger charge is 2.24. The first kappa shape index (κ1) is 28.8. The molecule has 2 aromatic rings. The number of carbonyl (C=O) groups is 3. The average Bonchev–Trinajstić information content (AvgIpc) is 2.89. The fourth-order valence-electron chi connectivity index (χ4n) is 3.76. The molecule has 0 aromatic heterocycles. The number of rotatable bonds is 11. The second-order valence-corrected chi connectivity index (χ2v) is 8.42. The Hall–Kier alpha value is -3.43. The smallest absolute Gasteiger partial charge is 0.414 e. The second kappa shape index (κ2) is 16.3. The van der Waals surface area contributed by atoms with Crippen molar-refractivity contribution in [2.75, 3.05) is 32.8 Å². The van der Waals surface area contributed by atoms with Crippen molar-refractivity contribution in [3.8, 4) is 5.75 Å². The zero-order valence-electron chi connectivity index (χ0n) is 20.7. The SMILES string of the molecule is CCOCCCNC(=O)C1CCN(Cc2cccc(OCc3ccccc3)c2)CC1.O=C(O)C(=O)O. The van der Waals surface area contributed by atoms with Crippen molar-refractivity contribution in [1.82, 2.24) is 10.2 Å². The van der Waals surface area contributed by atoms with Crippen molar-refractivity contribution < 1.29 is 34.1 Å². The maximum atomic E-state index is 12.3. The van der Waals surface area contributed by atoms with Gasteiger partial charge >= 0.3 is 11.9 Å². The Bertz CT molecular complexity index is 932. The first-order valence-corrected chi connectivity index (χ1v) is 12.2. The number of carboxylic acids is 2. The maximum absolute atomic E-state index is 12.3. The molecule has 196 valence electrons. The van der Waals surface area contributed by atoms with E-state index in [1.165, 1.54) is 11.1 Å². The Morgan fingerprint density at radius 2 is 1.64 bits per heavy atom. The van der Waals surface area contributed by atoms with Crippen LogP contribution in [0, 0.1) is 5.92 Å². The molecule has 1 aliphatic rings. The fraction of sp³-hybridized carbons (Fsp3) is 0.444. The fourth-order valence-corrected chi connectivity index (χ4v) is 3.76. The Kier molecular flexibility index (Phi) is 13.0. The highest BCUT2D eigenvalue weighted by Crippen LogP contribution is 2.21. The number of aliphatic carboxylic acids is 2. The lowest BCUT2D eigenvalue weighted by Crippen LogP contribution is -2.40. The van der Waals surface area contributed by atoms with Crippen LogP contribution < -0.4 is 10.1 Å². The van der Waals surface area contributed by atoms with Crippen molar-refractivity contribution in [3.05, 3.63) is 65.7 Å². The molecule has 0 aliphatic carbocycles. The van der Waals surface area contributed by atoms with Crippen LogP contribution in [0.15, 0.2) is 54.6 Å². The lowest BCUT2D eigenvalue weighted by Gasteiger charge is -2.31. The minimum Gasteiger partial charge on any atom is -0.489 e. The molecular weight excluding hydrogens is 464 g/mol. The van der Waals surface area contributed by atoms with E-state index in [2.05, 4.69) is 40.5 Å². The van der Waals surface area contributed by atoms with Gasteiger partial charge in [0, 0.05) is 32.2 Å². The zero-order valence-corrected chi connectivity index (χ0v) is 20.7. The van der Waals surface area contributed by atoms with E-state index in [9.17, 15) is 4.79 Å². The third-order valence-corrected chi connectivity index (χ3v) is 5.66. The van der Waals surface area contributed by atoms with E-state index in [-0.39, 0.29) is 11.8 Å². The van der Waals surface area contributed by atoms with Gasteiger partial charge in [-0.05, 0) is 62.5 Å². The van der Waals surface area contributed by atoms with E-state index in [0.717, 1.165) is 51.3 Å². The van der Waals surface area contributed by atoms with Crippen LogP contribution in [0.4, 0.5) is 0 Å². The van der Waals surface area contributed by atoms with E-state index < -0.39 is 11.9 Å². The Morgan fingerprint density at radius 1 is 0.972 bits per heavy atom. The topological polar surface area (TPSA) is 125 Å². The summed E-state index contributed by atoms with van der Waals surface area (Å²) in [6, 6.07) is 18.5. The molecule has 3 rings (SSSR count). The minimum atomic E-state index is -1.82. The normalized spacial score (nSPS) is 13.8. The number of benzene rings is 2. The van der Waals surface area contributed by atoms with Gasteiger partial charge in [0.1, 0.15) is 12.4 Å². The maximum Gasteiger partial charge on any atom is 0.414 e. The van der Waals surface area contributed by atoms with Crippen LogP contribution >= 0.6 is 0 Å². The van der Waals surface area contributed by atoms with Gasteiger partial charge < -0.3 is 25.0 Å². The molecule has 0 spiro atoms. The van der Waals surface area contributed by atoms with Crippen LogP contribution in [-0.2, 0) is 32.3 Å². The number of likely N-dealkylation sites (tertiary alicyclic amines) is 1. The summed E-state index contributed by atoms with van der Waals surface area (Å²) in [6.07, 6.45) is 2.71. The summed E-state index contributed by atoms with van der Waals surface area (Å²) in [6.45, 7) is 7.51. The zero-order chi connectivity index (χ0) is 26.2. The second-order valence-electron chi connectivity index (χ2n) is 8.42. The van der Waals surface area contributed by atoms with E-state index in [0.29, 0.717) is 19.8 Å². The van der Waals surface area contributed by atoms with Gasteiger partial charge in [0.2, 0.25) is 5.91 Å². The van der Waals surface area contributed by atoms with Crippen LogP contribution in [0.3, 0.4) is 0 Å². The first-order valence-electron chi connectivity index (χ1n) is 12.2. The summed E-state index contributed by atoms with van der Waals surface area (Å²) in [5.41, 5.74) is 2.42. The van der Waals surface area contributed by atoms with Crippen LogP contribution in [0.5, 0.6) is 5.75 Å². The lowest BCUT2D eigenvalue weighted by molar-refractivity contribution is -0.159. The van der Waals surface area contributed by atoms with Crippen molar-refractivity contribution in [2.45, 2.75) is 39.3 Å². The van der Waals surface area contributed by atoms with Gasteiger partial charge in [-0.25, -0.2) is 9.59 Å². The van der Waals surface area contributed by atoms with Crippen molar-refractivity contribution in [1.29, 1.82) is 0 Å². The first-order chi connectivity index (χ1) is 17.4. The number of nitrogens with zero attached hydrogens (tertiary/aromatic N) is 1. The summed E-state index contributed by atoms with van der Waals surface area (Å²) >= 11 is 0. The van der Waals surface area contributed by atoms with Crippen LogP contribution in [0.2, 0.25) is 0 Å². The molecule has 1 fully saturated rings. The standard InChI is InChI=1S/C25H34N2O3.C2H2O4/c1-2-29-17-7-14-26-25(28)23-12-15-27(16-13-23)19-22-10-6-11-24(18-22)30-20-21-8-4-3-5-9-21;3-1(4)2(5)6/h3-6,8-11,18,23H,2,7,12-17,19-20H2,1H3,(H,26,28);(H,3,4)(H,5,6). The largest absolute Gasteiger partial charge is 0.489 e. The van der Waals surface area contributed by atoms with Gasteiger partial charge in [0.25, 0.3) is 0 Å². The monoisotopic (exact) mass is 500 g/mol. The van der Waals surface area contributed by atoms with E-state index >= 15 is 0 Å². The van der Waals surface area contributed by atoms with E-state index in [4.69, 9.17) is 29.3 Å².